The molecule has 1 N–H and O–H groups in total. The van der Waals surface area contributed by atoms with Gasteiger partial charge in [-0.05, 0) is 39.3 Å². The smallest absolute Gasteiger partial charge is 0.339 e. The van der Waals surface area contributed by atoms with E-state index in [1.807, 2.05) is 32.9 Å². The maximum atomic E-state index is 11.4. The minimum Gasteiger partial charge on any atom is -0.478 e. The van der Waals surface area contributed by atoms with E-state index in [2.05, 4.69) is 18.1 Å². The molecule has 0 bridgehead atoms. The average Bonchev–Trinajstić information content (AvgIpc) is 2.81. The van der Waals surface area contributed by atoms with Crippen molar-refractivity contribution < 1.29 is 9.90 Å². The summed E-state index contributed by atoms with van der Waals surface area (Å²) in [5, 5.41) is 13.9. The first-order valence-corrected chi connectivity index (χ1v) is 6.83. The van der Waals surface area contributed by atoms with Gasteiger partial charge in [0, 0.05) is 17.8 Å². The van der Waals surface area contributed by atoms with E-state index in [-0.39, 0.29) is 11.6 Å². The Balaban J connectivity index is 2.59. The van der Waals surface area contributed by atoms with Crippen LogP contribution in [0.15, 0.2) is 24.4 Å². The molecule has 0 amide bonds. The van der Waals surface area contributed by atoms with E-state index in [1.165, 1.54) is 0 Å². The summed E-state index contributed by atoms with van der Waals surface area (Å²) in [6.45, 7) is 8.10. The van der Waals surface area contributed by atoms with E-state index >= 15 is 0 Å². The highest BCUT2D eigenvalue weighted by Gasteiger charge is 2.19. The highest BCUT2D eigenvalue weighted by atomic mass is 16.4. The van der Waals surface area contributed by atoms with E-state index < -0.39 is 5.97 Å². The van der Waals surface area contributed by atoms with Gasteiger partial charge in [-0.25, -0.2) is 4.79 Å². The fourth-order valence-corrected chi connectivity index (χ4v) is 2.29. The van der Waals surface area contributed by atoms with Crippen molar-refractivity contribution in [1.29, 1.82) is 0 Å². The SMILES string of the molecule is CCC(C)n1cc(C(=O)O)c(-c2cc(C)cc(C)c2)n1. The third-order valence-corrected chi connectivity index (χ3v) is 3.50. The average molecular weight is 272 g/mol. The highest BCUT2D eigenvalue weighted by molar-refractivity contribution is 5.94. The molecule has 0 radical (unpaired) electrons. The highest BCUT2D eigenvalue weighted by Crippen LogP contribution is 2.26. The summed E-state index contributed by atoms with van der Waals surface area (Å²) in [5.74, 6) is -0.936. The third kappa shape index (κ3) is 2.74. The minimum atomic E-state index is -0.936. The van der Waals surface area contributed by atoms with Crippen LogP contribution in [0.3, 0.4) is 0 Å². The summed E-state index contributed by atoms with van der Waals surface area (Å²) in [7, 11) is 0. The molecule has 0 aliphatic heterocycles. The molecule has 1 atom stereocenters. The second-order valence-corrected chi connectivity index (χ2v) is 5.31. The first-order valence-electron chi connectivity index (χ1n) is 6.83. The van der Waals surface area contributed by atoms with Crippen LogP contribution in [0.1, 0.15) is 47.8 Å². The molecule has 0 aliphatic rings. The number of aromatic carboxylic acids is 1. The van der Waals surface area contributed by atoms with Crippen LogP contribution in [-0.4, -0.2) is 20.9 Å². The number of hydrogen-bond donors (Lipinski definition) is 1. The molecule has 1 aromatic carbocycles. The van der Waals surface area contributed by atoms with Gasteiger partial charge in [0.05, 0.1) is 0 Å². The second kappa shape index (κ2) is 5.49. The lowest BCUT2D eigenvalue weighted by Crippen LogP contribution is -2.04. The fraction of sp³-hybridized carbons (Fsp3) is 0.375. The monoisotopic (exact) mass is 272 g/mol. The summed E-state index contributed by atoms with van der Waals surface area (Å²) in [6.07, 6.45) is 2.54. The zero-order valence-electron chi connectivity index (χ0n) is 12.3. The molecular weight excluding hydrogens is 252 g/mol. The van der Waals surface area contributed by atoms with E-state index in [1.54, 1.807) is 10.9 Å². The van der Waals surface area contributed by atoms with Crippen LogP contribution in [0.2, 0.25) is 0 Å². The van der Waals surface area contributed by atoms with Crippen LogP contribution in [0.25, 0.3) is 11.3 Å². The van der Waals surface area contributed by atoms with E-state index in [4.69, 9.17) is 0 Å². The van der Waals surface area contributed by atoms with Gasteiger partial charge in [0.15, 0.2) is 0 Å². The molecule has 2 rings (SSSR count). The van der Waals surface area contributed by atoms with Gasteiger partial charge < -0.3 is 5.11 Å². The molecule has 1 aromatic heterocycles. The number of aromatic nitrogens is 2. The topological polar surface area (TPSA) is 55.1 Å². The Morgan fingerprint density at radius 3 is 2.40 bits per heavy atom. The Hall–Kier alpha value is -2.10. The van der Waals surface area contributed by atoms with Crippen molar-refractivity contribution in [1.82, 2.24) is 9.78 Å². The largest absolute Gasteiger partial charge is 0.478 e. The lowest BCUT2D eigenvalue weighted by atomic mass is 10.0. The van der Waals surface area contributed by atoms with Crippen molar-refractivity contribution in [3.05, 3.63) is 41.1 Å². The first kappa shape index (κ1) is 14.3. The molecular formula is C16H20N2O2. The summed E-state index contributed by atoms with van der Waals surface area (Å²) in [5.41, 5.74) is 3.88. The fourth-order valence-electron chi connectivity index (χ4n) is 2.29. The quantitative estimate of drug-likeness (QED) is 0.920. The first-order chi connectivity index (χ1) is 9.42. The number of rotatable bonds is 4. The van der Waals surface area contributed by atoms with Crippen LogP contribution < -0.4 is 0 Å². The zero-order valence-corrected chi connectivity index (χ0v) is 12.3. The summed E-state index contributed by atoms with van der Waals surface area (Å²) >= 11 is 0. The van der Waals surface area contributed by atoms with Crippen LogP contribution in [-0.2, 0) is 0 Å². The normalized spacial score (nSPS) is 12.4. The molecule has 4 nitrogen and oxygen atoms in total. The molecule has 1 unspecified atom stereocenters. The standard InChI is InChI=1S/C16H20N2O2/c1-5-12(4)18-9-14(16(19)20)15(17-18)13-7-10(2)6-11(3)8-13/h6-9,12H,5H2,1-4H3,(H,19,20). The van der Waals surface area contributed by atoms with Gasteiger partial charge in [-0.15, -0.1) is 0 Å². The molecule has 0 saturated heterocycles. The van der Waals surface area contributed by atoms with Gasteiger partial charge in [0.2, 0.25) is 0 Å². The second-order valence-electron chi connectivity index (χ2n) is 5.31. The Kier molecular flexibility index (Phi) is 3.93. The third-order valence-electron chi connectivity index (χ3n) is 3.50. The number of aryl methyl sites for hydroxylation is 2. The lowest BCUT2D eigenvalue weighted by Gasteiger charge is -2.08. The number of hydrogen-bond acceptors (Lipinski definition) is 2. The summed E-state index contributed by atoms with van der Waals surface area (Å²) in [6, 6.07) is 6.20. The van der Waals surface area contributed by atoms with Gasteiger partial charge in [-0.1, -0.05) is 24.1 Å². The Morgan fingerprint density at radius 2 is 1.90 bits per heavy atom. The van der Waals surface area contributed by atoms with Crippen molar-refractivity contribution in [2.45, 2.75) is 40.2 Å². The maximum absolute atomic E-state index is 11.4. The Morgan fingerprint density at radius 1 is 1.30 bits per heavy atom. The number of nitrogens with zero attached hydrogens (tertiary/aromatic N) is 2. The molecule has 20 heavy (non-hydrogen) atoms. The molecule has 106 valence electrons. The molecule has 2 aromatic rings. The van der Waals surface area contributed by atoms with E-state index in [9.17, 15) is 9.90 Å². The number of benzene rings is 1. The zero-order chi connectivity index (χ0) is 14.9. The predicted molar refractivity (Wildman–Crippen MR) is 79.1 cm³/mol. The molecule has 0 saturated carbocycles. The van der Waals surface area contributed by atoms with E-state index in [0.29, 0.717) is 5.69 Å². The van der Waals surface area contributed by atoms with Crippen LogP contribution in [0, 0.1) is 13.8 Å². The van der Waals surface area contributed by atoms with Crippen LogP contribution >= 0.6 is 0 Å². The lowest BCUT2D eigenvalue weighted by molar-refractivity contribution is 0.0697. The van der Waals surface area contributed by atoms with Crippen LogP contribution in [0.4, 0.5) is 0 Å². The van der Waals surface area contributed by atoms with Crippen molar-refractivity contribution in [3.8, 4) is 11.3 Å². The van der Waals surface area contributed by atoms with Crippen molar-refractivity contribution >= 4 is 5.97 Å². The molecule has 1 heterocycles. The maximum Gasteiger partial charge on any atom is 0.339 e. The minimum absolute atomic E-state index is 0.188. The Bertz CT molecular complexity index is 624. The number of carboxylic acid groups (broad SMARTS) is 1. The van der Waals surface area contributed by atoms with Crippen molar-refractivity contribution in [3.63, 3.8) is 0 Å². The summed E-state index contributed by atoms with van der Waals surface area (Å²) in [4.78, 5) is 11.4. The van der Waals surface area contributed by atoms with Gasteiger partial charge in [0.25, 0.3) is 0 Å². The molecule has 0 aliphatic carbocycles. The van der Waals surface area contributed by atoms with Crippen LogP contribution in [0.5, 0.6) is 0 Å². The molecule has 0 fully saturated rings. The van der Waals surface area contributed by atoms with Crippen molar-refractivity contribution in [2.24, 2.45) is 0 Å². The number of carboxylic acids is 1. The van der Waals surface area contributed by atoms with Gasteiger partial charge >= 0.3 is 5.97 Å². The number of carbonyl (C=O) groups is 1. The van der Waals surface area contributed by atoms with Gasteiger partial charge in [-0.3, -0.25) is 4.68 Å². The van der Waals surface area contributed by atoms with Gasteiger partial charge in [-0.2, -0.15) is 5.10 Å². The van der Waals surface area contributed by atoms with Gasteiger partial charge in [0.1, 0.15) is 11.3 Å². The van der Waals surface area contributed by atoms with Crippen molar-refractivity contribution in [2.75, 3.05) is 0 Å². The summed E-state index contributed by atoms with van der Waals surface area (Å²) < 4.78 is 1.75. The predicted octanol–water partition coefficient (Wildman–Crippen LogP) is 3.84. The molecule has 4 heteroatoms. The van der Waals surface area contributed by atoms with E-state index in [0.717, 1.165) is 23.1 Å². The Labute approximate surface area is 119 Å². The molecule has 0 spiro atoms.